The van der Waals surface area contributed by atoms with E-state index in [9.17, 15) is 24.0 Å². The first-order valence-corrected chi connectivity index (χ1v) is 9.85. The number of rotatable bonds is 8. The second kappa shape index (κ2) is 8.25. The van der Waals surface area contributed by atoms with Crippen LogP contribution in [-0.4, -0.2) is 53.2 Å². The highest BCUT2D eigenvalue weighted by atomic mass is 16.5. The van der Waals surface area contributed by atoms with E-state index in [4.69, 9.17) is 4.74 Å². The Hall–Kier alpha value is -3.23. The third-order valence-corrected chi connectivity index (χ3v) is 5.35. The Kier molecular flexibility index (Phi) is 5.91. The number of carbonyl (C=O) groups excluding carboxylic acids is 5. The second-order valence-corrected chi connectivity index (χ2v) is 8.10. The highest BCUT2D eigenvalue weighted by molar-refractivity contribution is 6.09. The van der Waals surface area contributed by atoms with Crippen LogP contribution in [0.4, 0.5) is 10.5 Å². The van der Waals surface area contributed by atoms with Crippen LogP contribution in [0.25, 0.3) is 0 Å². The van der Waals surface area contributed by atoms with Crippen molar-refractivity contribution in [3.05, 3.63) is 29.8 Å². The van der Waals surface area contributed by atoms with E-state index in [2.05, 4.69) is 10.6 Å². The van der Waals surface area contributed by atoms with Crippen LogP contribution in [0, 0.1) is 11.8 Å². The molecule has 9 heteroatoms. The van der Waals surface area contributed by atoms with Gasteiger partial charge in [-0.3, -0.25) is 24.1 Å². The minimum Gasteiger partial charge on any atom is -0.456 e. The fraction of sp³-hybridized carbons (Fsp3) is 0.476. The number of anilines is 1. The van der Waals surface area contributed by atoms with Gasteiger partial charge < -0.3 is 15.4 Å². The first-order chi connectivity index (χ1) is 14.1. The summed E-state index contributed by atoms with van der Waals surface area (Å²) in [5.41, 5.74) is -0.110. The minimum absolute atomic E-state index is 0.0878. The van der Waals surface area contributed by atoms with Gasteiger partial charge >= 0.3 is 12.0 Å². The Balaban J connectivity index is 1.50. The normalized spacial score (nSPS) is 20.9. The summed E-state index contributed by atoms with van der Waals surface area (Å²) in [6, 6.07) is 5.58. The van der Waals surface area contributed by atoms with Crippen molar-refractivity contribution >= 4 is 35.3 Å². The van der Waals surface area contributed by atoms with E-state index in [0.717, 1.165) is 17.7 Å². The van der Waals surface area contributed by atoms with Crippen molar-refractivity contribution in [2.45, 2.75) is 39.2 Å². The topological polar surface area (TPSA) is 122 Å². The molecule has 9 nitrogen and oxygen atoms in total. The molecule has 160 valence electrons. The lowest BCUT2D eigenvalue weighted by Crippen LogP contribution is -2.46. The number of Topliss-reactive ketones (excluding diaryl/α,β-unsaturated/α-hetero) is 1. The Labute approximate surface area is 174 Å². The molecule has 0 radical (unpaired) electrons. The molecule has 1 aliphatic carbocycles. The van der Waals surface area contributed by atoms with Gasteiger partial charge in [0.15, 0.2) is 12.4 Å². The number of amides is 4. The van der Waals surface area contributed by atoms with Gasteiger partial charge in [0.25, 0.3) is 5.91 Å². The Morgan fingerprint density at radius 3 is 2.40 bits per heavy atom. The SMILES string of the molecule is CC(C)C(=O)Nc1ccc(C(=O)COC(=O)CN2C(=O)N[C@](C)(C3CC3)C2=O)cc1. The van der Waals surface area contributed by atoms with E-state index in [-0.39, 0.29) is 17.7 Å². The quantitative estimate of drug-likeness (QED) is 0.379. The highest BCUT2D eigenvalue weighted by Gasteiger charge is 2.56. The number of imide groups is 1. The number of nitrogens with one attached hydrogen (secondary N) is 2. The minimum atomic E-state index is -0.972. The molecule has 1 heterocycles. The lowest BCUT2D eigenvalue weighted by Gasteiger charge is -2.20. The number of ketones is 1. The molecular weight excluding hydrogens is 390 g/mol. The van der Waals surface area contributed by atoms with E-state index < -0.39 is 42.4 Å². The van der Waals surface area contributed by atoms with Crippen LogP contribution >= 0.6 is 0 Å². The molecule has 2 N–H and O–H groups in total. The molecular formula is C21H25N3O6. The smallest absolute Gasteiger partial charge is 0.326 e. The largest absolute Gasteiger partial charge is 0.456 e. The summed E-state index contributed by atoms with van der Waals surface area (Å²) in [4.78, 5) is 61.4. The molecule has 3 rings (SSSR count). The van der Waals surface area contributed by atoms with Gasteiger partial charge in [-0.05, 0) is 49.9 Å². The summed E-state index contributed by atoms with van der Waals surface area (Å²) in [6.07, 6.45) is 1.71. The molecule has 0 unspecified atom stereocenters. The molecule has 1 atom stereocenters. The van der Waals surface area contributed by atoms with Gasteiger partial charge in [0.2, 0.25) is 5.91 Å². The van der Waals surface area contributed by atoms with Crippen molar-refractivity contribution in [2.24, 2.45) is 11.8 Å². The van der Waals surface area contributed by atoms with Crippen molar-refractivity contribution in [1.29, 1.82) is 0 Å². The van der Waals surface area contributed by atoms with Gasteiger partial charge in [0.1, 0.15) is 12.1 Å². The van der Waals surface area contributed by atoms with Crippen LogP contribution in [0.2, 0.25) is 0 Å². The van der Waals surface area contributed by atoms with E-state index in [1.165, 1.54) is 12.1 Å². The average Bonchev–Trinajstić information content (AvgIpc) is 3.52. The maximum absolute atomic E-state index is 12.5. The highest BCUT2D eigenvalue weighted by Crippen LogP contribution is 2.42. The average molecular weight is 415 g/mol. The number of hydrogen-bond donors (Lipinski definition) is 2. The van der Waals surface area contributed by atoms with Crippen LogP contribution < -0.4 is 10.6 Å². The summed E-state index contributed by atoms with van der Waals surface area (Å²) in [5, 5.41) is 5.36. The summed E-state index contributed by atoms with van der Waals surface area (Å²) in [5.74, 6) is -1.95. The molecule has 4 amide bonds. The fourth-order valence-corrected chi connectivity index (χ4v) is 3.23. The number of nitrogens with zero attached hydrogens (tertiary/aromatic N) is 1. The lowest BCUT2D eigenvalue weighted by atomic mass is 9.96. The zero-order chi connectivity index (χ0) is 22.1. The fourth-order valence-electron chi connectivity index (χ4n) is 3.23. The van der Waals surface area contributed by atoms with Gasteiger partial charge in [-0.25, -0.2) is 4.79 Å². The molecule has 1 aliphatic heterocycles. The molecule has 1 aromatic carbocycles. The second-order valence-electron chi connectivity index (χ2n) is 8.10. The van der Waals surface area contributed by atoms with Gasteiger partial charge in [-0.2, -0.15) is 0 Å². The molecule has 2 fully saturated rings. The van der Waals surface area contributed by atoms with E-state index in [1.807, 2.05) is 0 Å². The monoisotopic (exact) mass is 415 g/mol. The zero-order valence-electron chi connectivity index (χ0n) is 17.2. The van der Waals surface area contributed by atoms with E-state index >= 15 is 0 Å². The zero-order valence-corrected chi connectivity index (χ0v) is 17.2. The molecule has 30 heavy (non-hydrogen) atoms. The number of urea groups is 1. The number of esters is 1. The van der Waals surface area contributed by atoms with E-state index in [0.29, 0.717) is 11.3 Å². The molecule has 1 saturated carbocycles. The summed E-state index contributed by atoms with van der Waals surface area (Å²) in [6.45, 7) is 4.15. The Bertz CT molecular complexity index is 891. The van der Waals surface area contributed by atoms with Crippen molar-refractivity contribution in [1.82, 2.24) is 10.2 Å². The van der Waals surface area contributed by atoms with Crippen LogP contribution in [-0.2, 0) is 19.1 Å². The van der Waals surface area contributed by atoms with Crippen LogP contribution in [0.15, 0.2) is 24.3 Å². The summed E-state index contributed by atoms with van der Waals surface area (Å²) < 4.78 is 4.96. The van der Waals surface area contributed by atoms with Crippen LogP contribution in [0.5, 0.6) is 0 Å². The summed E-state index contributed by atoms with van der Waals surface area (Å²) >= 11 is 0. The predicted molar refractivity (Wildman–Crippen MR) is 107 cm³/mol. The predicted octanol–water partition coefficient (Wildman–Crippen LogP) is 1.73. The van der Waals surface area contributed by atoms with Gasteiger partial charge in [0, 0.05) is 17.2 Å². The molecule has 2 aliphatic rings. The number of benzene rings is 1. The number of hydrogen-bond acceptors (Lipinski definition) is 6. The Morgan fingerprint density at radius 2 is 1.83 bits per heavy atom. The molecule has 1 aromatic rings. The van der Waals surface area contributed by atoms with Gasteiger partial charge in [-0.15, -0.1) is 0 Å². The third kappa shape index (κ3) is 4.50. The molecule has 0 spiro atoms. The third-order valence-electron chi connectivity index (χ3n) is 5.35. The van der Waals surface area contributed by atoms with Gasteiger partial charge in [-0.1, -0.05) is 13.8 Å². The maximum Gasteiger partial charge on any atom is 0.326 e. The summed E-state index contributed by atoms with van der Waals surface area (Å²) in [7, 11) is 0. The molecule has 0 bridgehead atoms. The standard InChI is InChI=1S/C21H25N3O6/c1-12(2)18(27)22-15-8-4-13(5-9-15)16(25)11-30-17(26)10-24-19(28)21(3,14-6-7-14)23-20(24)29/h4-5,8-9,12,14H,6-7,10-11H2,1-3H3,(H,22,27)(H,23,29)/t21-/m1/s1. The van der Waals surface area contributed by atoms with Crippen molar-refractivity contribution < 1.29 is 28.7 Å². The number of ether oxygens (including phenoxy) is 1. The van der Waals surface area contributed by atoms with Crippen LogP contribution in [0.3, 0.4) is 0 Å². The van der Waals surface area contributed by atoms with Crippen molar-refractivity contribution in [2.75, 3.05) is 18.5 Å². The number of carbonyl (C=O) groups is 5. The van der Waals surface area contributed by atoms with Gasteiger partial charge in [0.05, 0.1) is 0 Å². The Morgan fingerprint density at radius 1 is 1.20 bits per heavy atom. The lowest BCUT2D eigenvalue weighted by molar-refractivity contribution is -0.146. The van der Waals surface area contributed by atoms with Crippen molar-refractivity contribution in [3.63, 3.8) is 0 Å². The first kappa shape index (κ1) is 21.5. The van der Waals surface area contributed by atoms with Crippen LogP contribution in [0.1, 0.15) is 44.0 Å². The van der Waals surface area contributed by atoms with E-state index in [1.54, 1.807) is 32.9 Å². The van der Waals surface area contributed by atoms with Crippen molar-refractivity contribution in [3.8, 4) is 0 Å². The molecule has 1 saturated heterocycles. The maximum atomic E-state index is 12.5. The first-order valence-electron chi connectivity index (χ1n) is 9.85. The molecule has 0 aromatic heterocycles.